The molecule has 94 valence electrons. The molecule has 0 aromatic carbocycles. The average Bonchev–Trinajstić information content (AvgIpc) is 2.44. The molecule has 2 N–H and O–H groups in total. The van der Waals surface area contributed by atoms with Gasteiger partial charge in [-0.3, -0.25) is 5.32 Å². The number of carbonyl (C=O) groups is 2. The van der Waals surface area contributed by atoms with E-state index in [2.05, 4.69) is 5.32 Å². The van der Waals surface area contributed by atoms with E-state index < -0.39 is 17.7 Å². The molecule has 0 atom stereocenters. The van der Waals surface area contributed by atoms with Crippen LogP contribution in [0.2, 0.25) is 0 Å². The number of rotatable bonds is 2. The zero-order chi connectivity index (χ0) is 13.2. The Morgan fingerprint density at radius 1 is 1.41 bits per heavy atom. The van der Waals surface area contributed by atoms with E-state index in [1.165, 1.54) is 0 Å². The number of carboxylic acids is 1. The predicted molar refractivity (Wildman–Crippen MR) is 65.9 cm³/mol. The molecule has 1 aromatic rings. The van der Waals surface area contributed by atoms with Gasteiger partial charge in [0.05, 0.1) is 5.69 Å². The topological polar surface area (TPSA) is 75.6 Å². The number of ether oxygens (including phenoxy) is 1. The first-order chi connectivity index (χ1) is 7.70. The summed E-state index contributed by atoms with van der Waals surface area (Å²) >= 11 is 1.07. The Bertz CT molecular complexity index is 445. The third-order valence-electron chi connectivity index (χ3n) is 1.87. The highest BCUT2D eigenvalue weighted by Crippen LogP contribution is 2.26. The lowest BCUT2D eigenvalue weighted by molar-refractivity contribution is 0.0633. The molecule has 1 aromatic heterocycles. The average molecular weight is 257 g/mol. The van der Waals surface area contributed by atoms with Crippen LogP contribution in [0.15, 0.2) is 5.38 Å². The zero-order valence-electron chi connectivity index (χ0n) is 10.2. The molecule has 6 heteroatoms. The van der Waals surface area contributed by atoms with Gasteiger partial charge in [-0.2, -0.15) is 0 Å². The summed E-state index contributed by atoms with van der Waals surface area (Å²) in [7, 11) is 0. The third kappa shape index (κ3) is 3.74. The zero-order valence-corrected chi connectivity index (χ0v) is 11.0. The van der Waals surface area contributed by atoms with Crippen LogP contribution >= 0.6 is 11.3 Å². The Kier molecular flexibility index (Phi) is 3.77. The number of thiophene rings is 1. The van der Waals surface area contributed by atoms with Gasteiger partial charge in [-0.05, 0) is 33.3 Å². The lowest BCUT2D eigenvalue weighted by Gasteiger charge is -2.19. The fourth-order valence-corrected chi connectivity index (χ4v) is 2.02. The monoisotopic (exact) mass is 257 g/mol. The van der Waals surface area contributed by atoms with Crippen LogP contribution in [0, 0.1) is 6.92 Å². The summed E-state index contributed by atoms with van der Waals surface area (Å²) in [4.78, 5) is 22.5. The molecule has 0 aliphatic carbocycles. The fraction of sp³-hybridized carbons (Fsp3) is 0.455. The lowest BCUT2D eigenvalue weighted by Crippen LogP contribution is -2.27. The third-order valence-corrected chi connectivity index (χ3v) is 2.94. The minimum absolute atomic E-state index is 0.219. The first-order valence-electron chi connectivity index (χ1n) is 5.02. The second kappa shape index (κ2) is 4.75. The highest BCUT2D eigenvalue weighted by Gasteiger charge is 2.19. The molecule has 0 aliphatic heterocycles. The summed E-state index contributed by atoms with van der Waals surface area (Å²) in [6, 6.07) is 0. The van der Waals surface area contributed by atoms with Gasteiger partial charge in [-0.1, -0.05) is 0 Å². The molecule has 0 saturated heterocycles. The van der Waals surface area contributed by atoms with Gasteiger partial charge in [-0.25, -0.2) is 9.59 Å². The van der Waals surface area contributed by atoms with Gasteiger partial charge in [0.15, 0.2) is 0 Å². The SMILES string of the molecule is Cc1c(NC(=O)OC(C)(C)C)csc1C(=O)O. The van der Waals surface area contributed by atoms with Crippen LogP contribution in [0.5, 0.6) is 0 Å². The van der Waals surface area contributed by atoms with Gasteiger partial charge >= 0.3 is 12.1 Å². The molecule has 0 aliphatic rings. The van der Waals surface area contributed by atoms with E-state index in [0.29, 0.717) is 11.3 Å². The van der Waals surface area contributed by atoms with Crippen LogP contribution in [-0.2, 0) is 4.74 Å². The maximum Gasteiger partial charge on any atom is 0.412 e. The molecule has 0 radical (unpaired) electrons. The molecule has 17 heavy (non-hydrogen) atoms. The molecule has 0 spiro atoms. The van der Waals surface area contributed by atoms with E-state index in [4.69, 9.17) is 9.84 Å². The molecule has 0 saturated carbocycles. The van der Waals surface area contributed by atoms with Crippen molar-refractivity contribution in [3.05, 3.63) is 15.8 Å². The van der Waals surface area contributed by atoms with E-state index in [1.807, 2.05) is 0 Å². The summed E-state index contributed by atoms with van der Waals surface area (Å²) in [6.45, 7) is 6.92. The maximum absolute atomic E-state index is 11.5. The second-order valence-corrected chi connectivity index (χ2v) is 5.42. The number of carboxylic acid groups (broad SMARTS) is 1. The Hall–Kier alpha value is -1.56. The van der Waals surface area contributed by atoms with Crippen molar-refractivity contribution in [2.75, 3.05) is 5.32 Å². The van der Waals surface area contributed by atoms with Crippen LogP contribution in [0.1, 0.15) is 36.0 Å². The van der Waals surface area contributed by atoms with Crippen LogP contribution in [0.4, 0.5) is 10.5 Å². The van der Waals surface area contributed by atoms with Crippen molar-refractivity contribution in [1.29, 1.82) is 0 Å². The van der Waals surface area contributed by atoms with Crippen molar-refractivity contribution in [3.8, 4) is 0 Å². The van der Waals surface area contributed by atoms with Crippen LogP contribution in [-0.4, -0.2) is 22.8 Å². The molecule has 0 unspecified atom stereocenters. The molecular weight excluding hydrogens is 242 g/mol. The van der Waals surface area contributed by atoms with Crippen LogP contribution in [0.25, 0.3) is 0 Å². The highest BCUT2D eigenvalue weighted by atomic mass is 32.1. The van der Waals surface area contributed by atoms with Crippen molar-refractivity contribution in [3.63, 3.8) is 0 Å². The van der Waals surface area contributed by atoms with Crippen molar-refractivity contribution in [1.82, 2.24) is 0 Å². The first kappa shape index (κ1) is 13.5. The number of carbonyl (C=O) groups excluding carboxylic acids is 1. The van der Waals surface area contributed by atoms with Gasteiger partial charge in [0, 0.05) is 5.38 Å². The molecule has 0 fully saturated rings. The summed E-state index contributed by atoms with van der Waals surface area (Å²) < 4.78 is 5.07. The van der Waals surface area contributed by atoms with Crippen molar-refractivity contribution in [2.24, 2.45) is 0 Å². The van der Waals surface area contributed by atoms with Gasteiger partial charge in [0.2, 0.25) is 0 Å². The summed E-state index contributed by atoms with van der Waals surface area (Å²) in [5.41, 5.74) is 0.430. The fourth-order valence-electron chi connectivity index (χ4n) is 1.16. The number of anilines is 1. The molecule has 5 nitrogen and oxygen atoms in total. The largest absolute Gasteiger partial charge is 0.477 e. The standard InChI is InChI=1S/C11H15NO4S/c1-6-7(5-17-8(6)9(13)14)12-10(15)16-11(2,3)4/h5H,1-4H3,(H,12,15)(H,13,14). The Morgan fingerprint density at radius 2 is 2.00 bits per heavy atom. The van der Waals surface area contributed by atoms with Crippen molar-refractivity contribution < 1.29 is 19.4 Å². The van der Waals surface area contributed by atoms with Gasteiger partial charge in [0.25, 0.3) is 0 Å². The lowest BCUT2D eigenvalue weighted by atomic mass is 10.2. The molecule has 1 amide bonds. The summed E-state index contributed by atoms with van der Waals surface area (Å²) in [5, 5.41) is 13.0. The quantitative estimate of drug-likeness (QED) is 0.853. The first-order valence-corrected chi connectivity index (χ1v) is 5.90. The van der Waals surface area contributed by atoms with E-state index in [-0.39, 0.29) is 4.88 Å². The number of hydrogen-bond donors (Lipinski definition) is 2. The second-order valence-electron chi connectivity index (χ2n) is 4.54. The van der Waals surface area contributed by atoms with Crippen LogP contribution in [0.3, 0.4) is 0 Å². The minimum Gasteiger partial charge on any atom is -0.477 e. The van der Waals surface area contributed by atoms with E-state index >= 15 is 0 Å². The van der Waals surface area contributed by atoms with Gasteiger partial charge in [-0.15, -0.1) is 11.3 Å². The van der Waals surface area contributed by atoms with E-state index in [1.54, 1.807) is 33.1 Å². The normalized spacial score (nSPS) is 11.1. The molecular formula is C11H15NO4S. The number of hydrogen-bond acceptors (Lipinski definition) is 4. The maximum atomic E-state index is 11.5. The predicted octanol–water partition coefficient (Wildman–Crippen LogP) is 3.10. The summed E-state index contributed by atoms with van der Waals surface area (Å²) in [5.74, 6) is -0.996. The Morgan fingerprint density at radius 3 is 2.41 bits per heavy atom. The smallest absolute Gasteiger partial charge is 0.412 e. The molecule has 0 bridgehead atoms. The summed E-state index contributed by atoms with van der Waals surface area (Å²) in [6.07, 6.45) is -0.588. The van der Waals surface area contributed by atoms with E-state index in [0.717, 1.165) is 11.3 Å². The number of aromatic carboxylic acids is 1. The van der Waals surface area contributed by atoms with Gasteiger partial charge in [0.1, 0.15) is 10.5 Å². The number of nitrogens with one attached hydrogen (secondary N) is 1. The Labute approximate surface area is 103 Å². The van der Waals surface area contributed by atoms with E-state index in [9.17, 15) is 9.59 Å². The van der Waals surface area contributed by atoms with Crippen molar-refractivity contribution >= 4 is 29.1 Å². The minimum atomic E-state index is -0.996. The van der Waals surface area contributed by atoms with Crippen LogP contribution < -0.4 is 5.32 Å². The molecule has 1 rings (SSSR count). The number of amides is 1. The van der Waals surface area contributed by atoms with Gasteiger partial charge < -0.3 is 9.84 Å². The molecule has 1 heterocycles. The van der Waals surface area contributed by atoms with Crippen molar-refractivity contribution in [2.45, 2.75) is 33.3 Å². The Balaban J connectivity index is 2.76. The highest BCUT2D eigenvalue weighted by molar-refractivity contribution is 7.12.